The summed E-state index contributed by atoms with van der Waals surface area (Å²) >= 11 is 0. The van der Waals surface area contributed by atoms with E-state index in [0.717, 1.165) is 0 Å². The summed E-state index contributed by atoms with van der Waals surface area (Å²) in [6.07, 6.45) is 7.41. The average Bonchev–Trinajstić information content (AvgIpc) is 2.48. The molecular weight excluding hydrogens is 225 g/mol. The molecule has 3 fully saturated rings. The van der Waals surface area contributed by atoms with Crippen molar-refractivity contribution in [3.63, 3.8) is 0 Å². The summed E-state index contributed by atoms with van der Waals surface area (Å²) < 4.78 is 12.3. The third kappa shape index (κ3) is 1.97. The number of rotatable bonds is 4. The monoisotopic (exact) mass is 247 g/mol. The van der Waals surface area contributed by atoms with Crippen molar-refractivity contribution in [1.82, 2.24) is 5.32 Å². The first-order valence-corrected chi connectivity index (χ1v) is 7.15. The Morgan fingerprint density at radius 2 is 1.56 bits per heavy atom. The van der Waals surface area contributed by atoms with E-state index >= 15 is 0 Å². The van der Waals surface area contributed by atoms with Gasteiger partial charge in [0.2, 0.25) is 0 Å². The van der Waals surface area contributed by atoms with Gasteiger partial charge in [0.05, 0.1) is 0 Å². The highest BCUT2D eigenvalue weighted by Gasteiger charge is 2.48. The number of nitrogens with one attached hydrogen (secondary N) is 1. The Balaban J connectivity index is 1.75. The Morgan fingerprint density at radius 1 is 0.944 bits per heavy atom. The second-order valence-corrected chi connectivity index (χ2v) is 6.04. The van der Waals surface area contributed by atoms with E-state index in [-0.39, 0.29) is 12.2 Å². The number of halogens is 1. The van der Waals surface area contributed by atoms with Gasteiger partial charge in [0.15, 0.2) is 0 Å². The fourth-order valence-corrected chi connectivity index (χ4v) is 3.99. The van der Waals surface area contributed by atoms with Crippen LogP contribution >= 0.6 is 0 Å². The van der Waals surface area contributed by atoms with Gasteiger partial charge in [-0.1, -0.05) is 30.3 Å². The SMILES string of the molecule is FCCNC12CCC(c3ccccc3)(CC1)CC2. The van der Waals surface area contributed by atoms with Crippen LogP contribution in [0.1, 0.15) is 44.1 Å². The number of alkyl halides is 1. The lowest BCUT2D eigenvalue weighted by Gasteiger charge is -2.54. The quantitative estimate of drug-likeness (QED) is 0.857. The highest BCUT2D eigenvalue weighted by Crippen LogP contribution is 2.53. The Kier molecular flexibility index (Phi) is 3.14. The first-order valence-electron chi connectivity index (χ1n) is 7.15. The van der Waals surface area contributed by atoms with Gasteiger partial charge in [-0.2, -0.15) is 0 Å². The molecule has 0 saturated heterocycles. The molecule has 0 radical (unpaired) electrons. The summed E-state index contributed by atoms with van der Waals surface area (Å²) in [6.45, 7) is 0.282. The van der Waals surface area contributed by atoms with Crippen LogP contribution in [0.4, 0.5) is 4.39 Å². The number of hydrogen-bond acceptors (Lipinski definition) is 1. The molecule has 2 heteroatoms. The molecule has 1 aromatic rings. The van der Waals surface area contributed by atoms with Crippen molar-refractivity contribution >= 4 is 0 Å². The fraction of sp³-hybridized carbons (Fsp3) is 0.625. The molecular formula is C16H22FN. The predicted octanol–water partition coefficient (Wildman–Crippen LogP) is 3.59. The predicted molar refractivity (Wildman–Crippen MR) is 72.5 cm³/mol. The summed E-state index contributed by atoms with van der Waals surface area (Å²) in [5, 5.41) is 3.47. The van der Waals surface area contributed by atoms with E-state index in [1.54, 1.807) is 0 Å². The second kappa shape index (κ2) is 4.65. The Bertz CT molecular complexity index is 376. The molecule has 3 aliphatic rings. The Labute approximate surface area is 109 Å². The normalized spacial score (nSPS) is 34.7. The maximum atomic E-state index is 12.3. The van der Waals surface area contributed by atoms with E-state index in [0.29, 0.717) is 12.0 Å². The van der Waals surface area contributed by atoms with Crippen molar-refractivity contribution < 1.29 is 4.39 Å². The van der Waals surface area contributed by atoms with Crippen LogP contribution in [0.2, 0.25) is 0 Å². The third-order valence-electron chi connectivity index (χ3n) is 5.23. The van der Waals surface area contributed by atoms with E-state index in [1.165, 1.54) is 44.1 Å². The molecule has 18 heavy (non-hydrogen) atoms. The van der Waals surface area contributed by atoms with E-state index in [2.05, 4.69) is 35.6 Å². The minimum absolute atomic E-state index is 0.244. The highest BCUT2D eigenvalue weighted by molar-refractivity contribution is 5.29. The molecule has 0 heterocycles. The zero-order chi connectivity index (χ0) is 12.5. The van der Waals surface area contributed by atoms with Gasteiger partial charge in [-0.05, 0) is 49.5 Å². The van der Waals surface area contributed by atoms with Crippen LogP contribution in [-0.4, -0.2) is 18.8 Å². The standard InChI is InChI=1S/C16H22FN/c17-12-13-18-16-9-6-15(7-10-16,8-11-16)14-4-2-1-3-5-14/h1-5,18H,6-13H2. The van der Waals surface area contributed by atoms with Crippen molar-refractivity contribution in [2.45, 2.75) is 49.5 Å². The van der Waals surface area contributed by atoms with E-state index in [1.807, 2.05) is 0 Å². The van der Waals surface area contributed by atoms with Crippen molar-refractivity contribution in [1.29, 1.82) is 0 Å². The van der Waals surface area contributed by atoms with Crippen molar-refractivity contribution in [3.05, 3.63) is 35.9 Å². The molecule has 4 rings (SSSR count). The van der Waals surface area contributed by atoms with Gasteiger partial charge in [-0.25, -0.2) is 4.39 Å². The number of benzene rings is 1. The van der Waals surface area contributed by atoms with Crippen LogP contribution in [0, 0.1) is 0 Å². The summed E-state index contributed by atoms with van der Waals surface area (Å²) in [7, 11) is 0. The summed E-state index contributed by atoms with van der Waals surface area (Å²) in [5.41, 5.74) is 2.19. The van der Waals surface area contributed by atoms with Gasteiger partial charge in [-0.3, -0.25) is 0 Å². The molecule has 3 saturated carbocycles. The van der Waals surface area contributed by atoms with Gasteiger partial charge in [0, 0.05) is 12.1 Å². The van der Waals surface area contributed by atoms with Gasteiger partial charge in [0.1, 0.15) is 6.67 Å². The molecule has 0 unspecified atom stereocenters. The van der Waals surface area contributed by atoms with Gasteiger partial charge in [0.25, 0.3) is 0 Å². The molecule has 98 valence electrons. The van der Waals surface area contributed by atoms with Gasteiger partial charge < -0.3 is 5.32 Å². The van der Waals surface area contributed by atoms with Crippen molar-refractivity contribution in [3.8, 4) is 0 Å². The maximum absolute atomic E-state index is 12.3. The number of hydrogen-bond donors (Lipinski definition) is 1. The lowest BCUT2D eigenvalue weighted by molar-refractivity contribution is 0.0761. The summed E-state index contributed by atoms with van der Waals surface area (Å²) in [5.74, 6) is 0. The van der Waals surface area contributed by atoms with Crippen LogP contribution in [0.25, 0.3) is 0 Å². The Morgan fingerprint density at radius 3 is 2.11 bits per heavy atom. The summed E-state index contributed by atoms with van der Waals surface area (Å²) in [6, 6.07) is 11.0. The van der Waals surface area contributed by atoms with Gasteiger partial charge >= 0.3 is 0 Å². The second-order valence-electron chi connectivity index (χ2n) is 6.04. The van der Waals surface area contributed by atoms with Crippen LogP contribution < -0.4 is 5.32 Å². The molecule has 0 amide bonds. The molecule has 1 nitrogen and oxygen atoms in total. The molecule has 1 aromatic carbocycles. The first kappa shape index (κ1) is 12.2. The highest BCUT2D eigenvalue weighted by atomic mass is 19.1. The van der Waals surface area contributed by atoms with E-state index in [9.17, 15) is 4.39 Å². The molecule has 0 atom stereocenters. The fourth-order valence-electron chi connectivity index (χ4n) is 3.99. The molecule has 0 aliphatic heterocycles. The first-order chi connectivity index (χ1) is 8.79. The molecule has 1 N–H and O–H groups in total. The van der Waals surface area contributed by atoms with Gasteiger partial charge in [-0.15, -0.1) is 0 Å². The van der Waals surface area contributed by atoms with Crippen LogP contribution in [0.5, 0.6) is 0 Å². The zero-order valence-corrected chi connectivity index (χ0v) is 10.9. The van der Waals surface area contributed by atoms with Crippen molar-refractivity contribution in [2.24, 2.45) is 0 Å². The largest absolute Gasteiger partial charge is 0.309 e. The topological polar surface area (TPSA) is 12.0 Å². The lowest BCUT2D eigenvalue weighted by Crippen LogP contribution is -2.56. The maximum Gasteiger partial charge on any atom is 0.102 e. The molecule has 3 aliphatic carbocycles. The van der Waals surface area contributed by atoms with Crippen LogP contribution in [0.3, 0.4) is 0 Å². The Hall–Kier alpha value is -0.890. The summed E-state index contributed by atoms with van der Waals surface area (Å²) in [4.78, 5) is 0. The van der Waals surface area contributed by atoms with Crippen LogP contribution in [-0.2, 0) is 5.41 Å². The van der Waals surface area contributed by atoms with Crippen LogP contribution in [0.15, 0.2) is 30.3 Å². The average molecular weight is 247 g/mol. The van der Waals surface area contributed by atoms with E-state index < -0.39 is 0 Å². The molecule has 2 bridgehead atoms. The van der Waals surface area contributed by atoms with Crippen molar-refractivity contribution in [2.75, 3.05) is 13.2 Å². The third-order valence-corrected chi connectivity index (χ3v) is 5.23. The minimum Gasteiger partial charge on any atom is -0.309 e. The smallest absolute Gasteiger partial charge is 0.102 e. The zero-order valence-electron chi connectivity index (χ0n) is 10.9. The van der Waals surface area contributed by atoms with E-state index in [4.69, 9.17) is 0 Å². The molecule has 0 aromatic heterocycles. The lowest BCUT2D eigenvalue weighted by atomic mass is 9.55. The molecule has 0 spiro atoms. The number of fused-ring (bicyclic) bond motifs is 3. The minimum atomic E-state index is -0.244.